The topological polar surface area (TPSA) is 83.0 Å². The molecule has 6 nitrogen and oxygen atoms in total. The van der Waals surface area contributed by atoms with Crippen molar-refractivity contribution in [1.82, 2.24) is 15.0 Å². The van der Waals surface area contributed by atoms with Crippen molar-refractivity contribution in [3.05, 3.63) is 30.5 Å². The number of rotatable bonds is 6. The third-order valence-corrected chi connectivity index (χ3v) is 7.46. The molecule has 0 amide bonds. The summed E-state index contributed by atoms with van der Waals surface area (Å²) in [5.74, 6) is 1.94. The standard InChI is InChI=1S/C23H29N5OS/c29-14-15-10-11-17(12-15)25-21-18(22-27-19-8-4-5-9-20(19)30-22)13-24-23(28-21)26-16-6-2-1-3-7-16/h4-5,8-9,13,15-17,29H,1-3,6-7,10-12,14H2,(H2,24,25,26,28). The first-order valence-corrected chi connectivity index (χ1v) is 12.0. The number of para-hydroxylation sites is 1. The molecule has 158 valence electrons. The van der Waals surface area contributed by atoms with Crippen LogP contribution in [-0.2, 0) is 0 Å². The first-order valence-electron chi connectivity index (χ1n) is 11.2. The van der Waals surface area contributed by atoms with Crippen LogP contribution in [0.25, 0.3) is 20.8 Å². The molecule has 0 radical (unpaired) electrons. The zero-order valence-corrected chi connectivity index (χ0v) is 18.0. The zero-order valence-electron chi connectivity index (χ0n) is 17.2. The van der Waals surface area contributed by atoms with Crippen molar-refractivity contribution in [3.63, 3.8) is 0 Å². The fourth-order valence-electron chi connectivity index (χ4n) is 4.70. The Kier molecular flexibility index (Phi) is 5.82. The number of benzene rings is 1. The summed E-state index contributed by atoms with van der Waals surface area (Å²) in [6.07, 6.45) is 11.3. The van der Waals surface area contributed by atoms with Crippen molar-refractivity contribution in [3.8, 4) is 10.6 Å². The van der Waals surface area contributed by atoms with Gasteiger partial charge in [-0.1, -0.05) is 31.4 Å². The van der Waals surface area contributed by atoms with Crippen LogP contribution in [0.3, 0.4) is 0 Å². The lowest BCUT2D eigenvalue weighted by Crippen LogP contribution is -2.24. The van der Waals surface area contributed by atoms with Gasteiger partial charge >= 0.3 is 0 Å². The molecular weight excluding hydrogens is 394 g/mol. The highest BCUT2D eigenvalue weighted by atomic mass is 32.1. The van der Waals surface area contributed by atoms with Crippen LogP contribution in [0.4, 0.5) is 11.8 Å². The predicted molar refractivity (Wildman–Crippen MR) is 123 cm³/mol. The maximum absolute atomic E-state index is 9.52. The summed E-state index contributed by atoms with van der Waals surface area (Å²) in [6, 6.07) is 9.01. The van der Waals surface area contributed by atoms with Gasteiger partial charge in [0.15, 0.2) is 0 Å². The van der Waals surface area contributed by atoms with Crippen LogP contribution < -0.4 is 10.6 Å². The number of aliphatic hydroxyl groups is 1. The Bertz CT molecular complexity index is 967. The lowest BCUT2D eigenvalue weighted by atomic mass is 9.96. The lowest BCUT2D eigenvalue weighted by molar-refractivity contribution is 0.229. The minimum Gasteiger partial charge on any atom is -0.396 e. The third-order valence-electron chi connectivity index (χ3n) is 6.39. The predicted octanol–water partition coefficient (Wildman–Crippen LogP) is 5.07. The van der Waals surface area contributed by atoms with Gasteiger partial charge in [-0.2, -0.15) is 4.98 Å². The first kappa shape index (κ1) is 19.7. The summed E-state index contributed by atoms with van der Waals surface area (Å²) in [4.78, 5) is 14.4. The summed E-state index contributed by atoms with van der Waals surface area (Å²) in [5, 5.41) is 17.7. The molecule has 3 N–H and O–H groups in total. The van der Waals surface area contributed by atoms with Crippen molar-refractivity contribution < 1.29 is 5.11 Å². The Morgan fingerprint density at radius 1 is 0.967 bits per heavy atom. The second-order valence-corrected chi connectivity index (χ2v) is 9.66. The number of nitrogens with one attached hydrogen (secondary N) is 2. The molecule has 2 aromatic heterocycles. The van der Waals surface area contributed by atoms with E-state index in [1.165, 1.54) is 36.8 Å². The van der Waals surface area contributed by atoms with Gasteiger partial charge in [-0.3, -0.25) is 0 Å². The zero-order chi connectivity index (χ0) is 20.3. The van der Waals surface area contributed by atoms with Crippen LogP contribution in [0.1, 0.15) is 51.4 Å². The van der Waals surface area contributed by atoms with E-state index in [2.05, 4.69) is 21.7 Å². The van der Waals surface area contributed by atoms with Crippen molar-refractivity contribution >= 4 is 33.3 Å². The molecule has 0 bridgehead atoms. The van der Waals surface area contributed by atoms with Crippen LogP contribution in [0, 0.1) is 5.92 Å². The molecule has 30 heavy (non-hydrogen) atoms. The number of hydrogen-bond donors (Lipinski definition) is 3. The first-order chi connectivity index (χ1) is 14.8. The van der Waals surface area contributed by atoms with E-state index < -0.39 is 0 Å². The molecule has 2 aliphatic rings. The lowest BCUT2D eigenvalue weighted by Gasteiger charge is -2.23. The minimum atomic E-state index is 0.265. The molecule has 2 heterocycles. The van der Waals surface area contributed by atoms with Crippen molar-refractivity contribution in [2.75, 3.05) is 17.2 Å². The van der Waals surface area contributed by atoms with E-state index in [4.69, 9.17) is 9.97 Å². The Morgan fingerprint density at radius 3 is 2.63 bits per heavy atom. The normalized spacial score (nSPS) is 22.4. The second kappa shape index (κ2) is 8.86. The summed E-state index contributed by atoms with van der Waals surface area (Å²) >= 11 is 1.68. The van der Waals surface area contributed by atoms with Crippen LogP contribution in [0.2, 0.25) is 0 Å². The van der Waals surface area contributed by atoms with Crippen molar-refractivity contribution in [1.29, 1.82) is 0 Å². The molecule has 3 aromatic rings. The Hall–Kier alpha value is -2.25. The fourth-order valence-corrected chi connectivity index (χ4v) is 5.68. The average molecular weight is 424 g/mol. The SMILES string of the molecule is OCC1CCC(Nc2nc(NC3CCCCC3)ncc2-c2nc3ccccc3s2)C1. The van der Waals surface area contributed by atoms with Crippen LogP contribution in [0.15, 0.2) is 30.5 Å². The van der Waals surface area contributed by atoms with E-state index in [0.717, 1.165) is 41.2 Å². The highest BCUT2D eigenvalue weighted by molar-refractivity contribution is 7.21. The van der Waals surface area contributed by atoms with Gasteiger partial charge < -0.3 is 15.7 Å². The number of aliphatic hydroxyl groups excluding tert-OH is 1. The number of anilines is 2. The quantitative estimate of drug-likeness (QED) is 0.513. The molecule has 0 spiro atoms. The highest BCUT2D eigenvalue weighted by Crippen LogP contribution is 2.36. The molecule has 2 saturated carbocycles. The van der Waals surface area contributed by atoms with Gasteiger partial charge in [-0.15, -0.1) is 11.3 Å². The van der Waals surface area contributed by atoms with Crippen molar-refractivity contribution in [2.45, 2.75) is 63.5 Å². The van der Waals surface area contributed by atoms with Gasteiger partial charge in [0, 0.05) is 24.9 Å². The summed E-state index contributed by atoms with van der Waals surface area (Å²) in [7, 11) is 0. The van der Waals surface area contributed by atoms with Gasteiger partial charge in [0.1, 0.15) is 10.8 Å². The minimum absolute atomic E-state index is 0.265. The van der Waals surface area contributed by atoms with Crippen molar-refractivity contribution in [2.24, 2.45) is 5.92 Å². The molecule has 2 fully saturated rings. The Morgan fingerprint density at radius 2 is 1.83 bits per heavy atom. The molecular formula is C23H29N5OS. The van der Waals surface area contributed by atoms with E-state index in [0.29, 0.717) is 23.9 Å². The average Bonchev–Trinajstić information content (AvgIpc) is 3.41. The Labute approximate surface area is 181 Å². The van der Waals surface area contributed by atoms with E-state index in [1.807, 2.05) is 24.4 Å². The molecule has 2 unspecified atom stereocenters. The van der Waals surface area contributed by atoms with E-state index in [-0.39, 0.29) is 6.61 Å². The van der Waals surface area contributed by atoms with Gasteiger partial charge in [0.25, 0.3) is 0 Å². The molecule has 1 aromatic carbocycles. The van der Waals surface area contributed by atoms with E-state index >= 15 is 0 Å². The molecule has 2 aliphatic carbocycles. The summed E-state index contributed by atoms with van der Waals surface area (Å²) in [6.45, 7) is 0.265. The van der Waals surface area contributed by atoms with Crippen LogP contribution in [0.5, 0.6) is 0 Å². The molecule has 7 heteroatoms. The summed E-state index contributed by atoms with van der Waals surface area (Å²) < 4.78 is 1.17. The monoisotopic (exact) mass is 423 g/mol. The highest BCUT2D eigenvalue weighted by Gasteiger charge is 2.26. The fraction of sp³-hybridized carbons (Fsp3) is 0.522. The van der Waals surface area contributed by atoms with Gasteiger partial charge in [0.05, 0.1) is 15.8 Å². The Balaban J connectivity index is 1.45. The molecule has 0 saturated heterocycles. The molecule has 5 rings (SSSR count). The maximum atomic E-state index is 9.52. The number of nitrogens with zero attached hydrogens (tertiary/aromatic N) is 3. The van der Waals surface area contributed by atoms with Crippen LogP contribution >= 0.6 is 11.3 Å². The number of thiazole rings is 1. The maximum Gasteiger partial charge on any atom is 0.224 e. The van der Waals surface area contributed by atoms with Gasteiger partial charge in [-0.05, 0) is 50.2 Å². The third kappa shape index (κ3) is 4.27. The summed E-state index contributed by atoms with van der Waals surface area (Å²) in [5.41, 5.74) is 1.96. The number of hydrogen-bond acceptors (Lipinski definition) is 7. The van der Waals surface area contributed by atoms with Crippen LogP contribution in [-0.4, -0.2) is 38.7 Å². The molecule has 0 aliphatic heterocycles. The van der Waals surface area contributed by atoms with E-state index in [9.17, 15) is 5.11 Å². The smallest absolute Gasteiger partial charge is 0.224 e. The number of aromatic nitrogens is 3. The molecule has 2 atom stereocenters. The van der Waals surface area contributed by atoms with Gasteiger partial charge in [0.2, 0.25) is 5.95 Å². The largest absolute Gasteiger partial charge is 0.396 e. The number of fused-ring (bicyclic) bond motifs is 1. The van der Waals surface area contributed by atoms with Gasteiger partial charge in [-0.25, -0.2) is 9.97 Å². The second-order valence-electron chi connectivity index (χ2n) is 8.62. The van der Waals surface area contributed by atoms with E-state index in [1.54, 1.807) is 11.3 Å².